The predicted molar refractivity (Wildman–Crippen MR) is 117 cm³/mol. The number of ether oxygens (including phenoxy) is 1. The van der Waals surface area contributed by atoms with E-state index in [4.69, 9.17) is 9.84 Å². The molecule has 1 fully saturated rings. The summed E-state index contributed by atoms with van der Waals surface area (Å²) in [5.41, 5.74) is 4.02. The van der Waals surface area contributed by atoms with E-state index in [2.05, 4.69) is 25.8 Å². The number of aromatic nitrogens is 5. The molecule has 3 aromatic rings. The van der Waals surface area contributed by atoms with E-state index in [9.17, 15) is 4.79 Å². The minimum Gasteiger partial charge on any atom is -0.443 e. The van der Waals surface area contributed by atoms with Crippen LogP contribution in [0.4, 0.5) is 20.8 Å². The zero-order chi connectivity index (χ0) is 22.2. The fourth-order valence-electron chi connectivity index (χ4n) is 4.75. The molecular formula is C22H28FN7O2. The number of nitrogens with one attached hydrogen (secondary N) is 3. The number of amides is 1. The third kappa shape index (κ3) is 3.89. The van der Waals surface area contributed by atoms with Crippen LogP contribution in [-0.4, -0.2) is 49.2 Å². The van der Waals surface area contributed by atoms with Crippen molar-refractivity contribution < 1.29 is 13.9 Å². The van der Waals surface area contributed by atoms with Gasteiger partial charge in [0, 0.05) is 41.7 Å². The van der Waals surface area contributed by atoms with E-state index in [1.165, 1.54) is 5.56 Å². The Hall–Kier alpha value is -3.17. The summed E-state index contributed by atoms with van der Waals surface area (Å²) < 4.78 is 22.2. The van der Waals surface area contributed by atoms with Crippen molar-refractivity contribution in [3.8, 4) is 0 Å². The molecule has 0 radical (unpaired) electrons. The van der Waals surface area contributed by atoms with Crippen LogP contribution in [0, 0.1) is 0 Å². The van der Waals surface area contributed by atoms with E-state index in [1.54, 1.807) is 6.20 Å². The summed E-state index contributed by atoms with van der Waals surface area (Å²) in [4.78, 5) is 16.4. The van der Waals surface area contributed by atoms with Crippen molar-refractivity contribution in [2.45, 2.75) is 76.6 Å². The molecule has 0 spiro atoms. The number of aryl methyl sites for hydroxylation is 2. The van der Waals surface area contributed by atoms with Gasteiger partial charge in [-0.1, -0.05) is 0 Å². The van der Waals surface area contributed by atoms with Gasteiger partial charge in [0.2, 0.25) is 0 Å². The number of aromatic amines is 1. The maximum atomic E-state index is 15.0. The number of carbonyl (C=O) groups is 1. The first kappa shape index (κ1) is 20.7. The summed E-state index contributed by atoms with van der Waals surface area (Å²) >= 11 is 0. The summed E-state index contributed by atoms with van der Waals surface area (Å²) in [5, 5.41) is 17.9. The second-order valence-corrected chi connectivity index (χ2v) is 8.91. The van der Waals surface area contributed by atoms with E-state index < -0.39 is 24.3 Å². The van der Waals surface area contributed by atoms with Gasteiger partial charge in [-0.3, -0.25) is 5.10 Å². The van der Waals surface area contributed by atoms with Gasteiger partial charge in [0.25, 0.3) is 0 Å². The fraction of sp³-hybridized carbons (Fsp3) is 0.545. The monoisotopic (exact) mass is 441 g/mol. The molecular weight excluding hydrogens is 413 g/mol. The number of rotatable bonds is 5. The van der Waals surface area contributed by atoms with Crippen LogP contribution >= 0.6 is 0 Å². The number of anilines is 2. The number of H-pyrrole nitrogens is 1. The Balaban J connectivity index is 1.31. The lowest BCUT2D eigenvalue weighted by atomic mass is 9.97. The summed E-state index contributed by atoms with van der Waals surface area (Å²) in [6.45, 7) is 3.67. The Morgan fingerprint density at radius 3 is 3.00 bits per heavy atom. The Bertz CT molecular complexity index is 1120. The summed E-state index contributed by atoms with van der Waals surface area (Å²) in [6.07, 6.45) is 6.27. The van der Waals surface area contributed by atoms with Gasteiger partial charge < -0.3 is 15.4 Å². The average Bonchev–Trinajstić information content (AvgIpc) is 3.45. The van der Waals surface area contributed by atoms with E-state index >= 15 is 4.39 Å². The molecule has 10 heteroatoms. The highest BCUT2D eigenvalue weighted by atomic mass is 19.1. The molecule has 0 aliphatic heterocycles. The van der Waals surface area contributed by atoms with Crippen LogP contribution in [0.2, 0.25) is 0 Å². The van der Waals surface area contributed by atoms with Crippen LogP contribution in [0.3, 0.4) is 0 Å². The Morgan fingerprint density at radius 1 is 1.31 bits per heavy atom. The van der Waals surface area contributed by atoms with Gasteiger partial charge in [-0.2, -0.15) is 10.2 Å². The van der Waals surface area contributed by atoms with Gasteiger partial charge in [0.05, 0.1) is 5.69 Å². The molecule has 0 aromatic carbocycles. The quantitative estimate of drug-likeness (QED) is 0.556. The molecule has 32 heavy (non-hydrogen) atoms. The van der Waals surface area contributed by atoms with Crippen molar-refractivity contribution in [1.29, 1.82) is 0 Å². The molecule has 1 amide bonds. The van der Waals surface area contributed by atoms with Crippen LogP contribution in [0.5, 0.6) is 0 Å². The molecule has 2 aliphatic carbocycles. The second-order valence-electron chi connectivity index (χ2n) is 8.91. The number of carbonyl (C=O) groups excluding carboxylic acids is 1. The Labute approximate surface area is 185 Å². The van der Waals surface area contributed by atoms with Gasteiger partial charge in [-0.05, 0) is 52.4 Å². The topological polar surface area (TPSA) is 109 Å². The number of fused-ring (bicyclic) bond motifs is 3. The second kappa shape index (κ2) is 8.40. The molecule has 0 saturated heterocycles. The summed E-state index contributed by atoms with van der Waals surface area (Å²) in [6, 6.07) is 1.75. The minimum absolute atomic E-state index is 0.0570. The molecule has 5 rings (SSSR count). The van der Waals surface area contributed by atoms with Crippen molar-refractivity contribution in [1.82, 2.24) is 30.1 Å². The summed E-state index contributed by atoms with van der Waals surface area (Å²) in [7, 11) is 0. The van der Waals surface area contributed by atoms with Crippen molar-refractivity contribution in [2.75, 3.05) is 5.32 Å². The number of alkyl halides is 1. The molecule has 9 nitrogen and oxygen atoms in total. The maximum Gasteiger partial charge on any atom is 0.407 e. The molecule has 1 saturated carbocycles. The number of nitrogens with zero attached hydrogens (tertiary/aromatic N) is 4. The minimum atomic E-state index is -1.29. The van der Waals surface area contributed by atoms with Gasteiger partial charge in [-0.25, -0.2) is 18.7 Å². The SMILES string of the molecule is CC(C)NC(=O)O[C@@H]1CC[C@H](c2cc(Nc3nccn4nc5c(c34)CCCC5)n[nH]2)[C@H]1F. The van der Waals surface area contributed by atoms with Crippen molar-refractivity contribution in [3.05, 3.63) is 35.4 Å². The van der Waals surface area contributed by atoms with E-state index in [0.717, 1.165) is 36.9 Å². The molecule has 3 heterocycles. The third-order valence-electron chi connectivity index (χ3n) is 6.23. The first-order valence-corrected chi connectivity index (χ1v) is 11.3. The normalized spacial score (nSPS) is 22.8. The lowest BCUT2D eigenvalue weighted by molar-refractivity contribution is 0.0555. The van der Waals surface area contributed by atoms with E-state index in [0.29, 0.717) is 30.2 Å². The lowest BCUT2D eigenvalue weighted by Crippen LogP contribution is -2.36. The van der Waals surface area contributed by atoms with Gasteiger partial charge >= 0.3 is 6.09 Å². The standard InChI is InChI=1S/C22H28FN7O2/c1-12(2)25-22(31)32-17-8-7-13(19(17)23)16-11-18(28-27-16)26-21-20-14-5-3-4-6-15(14)29-30(20)10-9-24-21/h9-13,17,19H,3-8H2,1-2H3,(H,25,31)(H2,24,26,27,28)/t13-,17-,19-/m1/s1. The average molecular weight is 442 g/mol. The Morgan fingerprint density at radius 2 is 2.16 bits per heavy atom. The zero-order valence-electron chi connectivity index (χ0n) is 18.3. The zero-order valence-corrected chi connectivity index (χ0v) is 18.3. The molecule has 0 unspecified atom stereocenters. The number of hydrogen-bond acceptors (Lipinski definition) is 6. The Kier molecular flexibility index (Phi) is 5.44. The van der Waals surface area contributed by atoms with E-state index in [-0.39, 0.29) is 6.04 Å². The smallest absolute Gasteiger partial charge is 0.407 e. The number of halogens is 1. The van der Waals surface area contributed by atoms with E-state index in [1.807, 2.05) is 30.6 Å². The van der Waals surface area contributed by atoms with Gasteiger partial charge in [0.1, 0.15) is 17.8 Å². The van der Waals surface area contributed by atoms with Gasteiger partial charge in [0.15, 0.2) is 11.6 Å². The third-order valence-corrected chi connectivity index (χ3v) is 6.23. The predicted octanol–water partition coefficient (Wildman–Crippen LogP) is 3.79. The van der Waals surface area contributed by atoms with Crippen LogP contribution in [0.25, 0.3) is 5.52 Å². The van der Waals surface area contributed by atoms with Crippen LogP contribution < -0.4 is 10.6 Å². The van der Waals surface area contributed by atoms with Crippen LogP contribution in [0.1, 0.15) is 62.4 Å². The fourth-order valence-corrected chi connectivity index (χ4v) is 4.75. The first-order chi connectivity index (χ1) is 15.5. The highest BCUT2D eigenvalue weighted by molar-refractivity contribution is 5.76. The number of alkyl carbamates (subject to hydrolysis) is 1. The van der Waals surface area contributed by atoms with Gasteiger partial charge in [-0.15, -0.1) is 0 Å². The molecule has 3 N–H and O–H groups in total. The maximum absolute atomic E-state index is 15.0. The molecule has 3 aromatic heterocycles. The molecule has 2 aliphatic rings. The largest absolute Gasteiger partial charge is 0.443 e. The van der Waals surface area contributed by atoms with Crippen molar-refractivity contribution in [2.24, 2.45) is 0 Å². The summed E-state index contributed by atoms with van der Waals surface area (Å²) in [5.74, 6) is 0.859. The molecule has 0 bridgehead atoms. The van der Waals surface area contributed by atoms with Crippen LogP contribution in [0.15, 0.2) is 18.5 Å². The van der Waals surface area contributed by atoms with Crippen LogP contribution in [-0.2, 0) is 17.6 Å². The highest BCUT2D eigenvalue weighted by Gasteiger charge is 2.41. The molecule has 3 atom stereocenters. The van der Waals surface area contributed by atoms with Crippen molar-refractivity contribution in [3.63, 3.8) is 0 Å². The lowest BCUT2D eigenvalue weighted by Gasteiger charge is -2.18. The van der Waals surface area contributed by atoms with Crippen molar-refractivity contribution >= 4 is 23.2 Å². The first-order valence-electron chi connectivity index (χ1n) is 11.3. The highest BCUT2D eigenvalue weighted by Crippen LogP contribution is 2.39. The molecule has 170 valence electrons. The number of hydrogen-bond donors (Lipinski definition) is 3.